The monoisotopic (exact) mass is 439 g/mol. The second-order valence-electron chi connectivity index (χ2n) is 7.68. The van der Waals surface area contributed by atoms with E-state index in [4.69, 9.17) is 4.74 Å². The molecular weight excluding hydrogens is 419 g/mol. The molecule has 1 N–H and O–H groups in total. The Morgan fingerprint density at radius 2 is 1.66 bits per heavy atom. The van der Waals surface area contributed by atoms with Crippen molar-refractivity contribution in [1.82, 2.24) is 20.2 Å². The first-order chi connectivity index (χ1) is 15.5. The minimum absolute atomic E-state index is 0.117. The lowest BCUT2D eigenvalue weighted by molar-refractivity contribution is -0.139. The van der Waals surface area contributed by atoms with E-state index in [9.17, 15) is 13.2 Å². The number of rotatable bonds is 4. The Bertz CT molecular complexity index is 1180. The molecule has 4 aromatic rings. The number of piperidine rings is 1. The van der Waals surface area contributed by atoms with Crippen LogP contribution < -0.4 is 9.64 Å². The van der Waals surface area contributed by atoms with Crippen LogP contribution in [0.5, 0.6) is 5.75 Å². The SMILES string of the molecule is FC(F)(F)c1ccccc1OC1CCN(c2ccc(-c3nc4ccccc4[nH]3)nn2)CC1. The van der Waals surface area contributed by atoms with Gasteiger partial charge in [0.2, 0.25) is 0 Å². The summed E-state index contributed by atoms with van der Waals surface area (Å²) in [4.78, 5) is 9.82. The highest BCUT2D eigenvalue weighted by Gasteiger charge is 2.35. The molecule has 0 atom stereocenters. The van der Waals surface area contributed by atoms with Gasteiger partial charge < -0.3 is 14.6 Å². The molecule has 0 unspecified atom stereocenters. The number of alkyl halides is 3. The lowest BCUT2D eigenvalue weighted by atomic mass is 10.1. The summed E-state index contributed by atoms with van der Waals surface area (Å²) in [5.41, 5.74) is 1.70. The Hall–Kier alpha value is -3.62. The highest BCUT2D eigenvalue weighted by Crippen LogP contribution is 2.37. The van der Waals surface area contributed by atoms with Crippen LogP contribution in [0.3, 0.4) is 0 Å². The summed E-state index contributed by atoms with van der Waals surface area (Å²) in [5, 5.41) is 8.63. The summed E-state index contributed by atoms with van der Waals surface area (Å²) >= 11 is 0. The smallest absolute Gasteiger partial charge is 0.419 e. The largest absolute Gasteiger partial charge is 0.490 e. The summed E-state index contributed by atoms with van der Waals surface area (Å²) in [6.07, 6.45) is -3.52. The van der Waals surface area contributed by atoms with Crippen LogP contribution in [0.25, 0.3) is 22.6 Å². The van der Waals surface area contributed by atoms with E-state index in [0.29, 0.717) is 37.4 Å². The molecule has 1 aliphatic rings. The molecule has 0 spiro atoms. The second kappa shape index (κ2) is 8.14. The van der Waals surface area contributed by atoms with E-state index >= 15 is 0 Å². The number of hydrogen-bond acceptors (Lipinski definition) is 5. The summed E-state index contributed by atoms with van der Waals surface area (Å²) < 4.78 is 45.3. The molecule has 5 rings (SSSR count). The number of aromatic nitrogens is 4. The molecule has 0 aliphatic carbocycles. The molecule has 3 heterocycles. The number of benzene rings is 2. The Balaban J connectivity index is 1.23. The molecule has 0 radical (unpaired) electrons. The maximum absolute atomic E-state index is 13.2. The zero-order valence-electron chi connectivity index (χ0n) is 17.0. The molecule has 0 amide bonds. The summed E-state index contributed by atoms with van der Waals surface area (Å²) in [6.45, 7) is 1.25. The minimum Gasteiger partial charge on any atom is -0.490 e. The third-order valence-corrected chi connectivity index (χ3v) is 5.53. The predicted molar refractivity (Wildman–Crippen MR) is 114 cm³/mol. The van der Waals surface area contributed by atoms with Crippen molar-refractivity contribution in [2.45, 2.75) is 25.1 Å². The lowest BCUT2D eigenvalue weighted by Crippen LogP contribution is -2.39. The quantitative estimate of drug-likeness (QED) is 0.480. The van der Waals surface area contributed by atoms with Crippen LogP contribution in [0.15, 0.2) is 60.7 Å². The Morgan fingerprint density at radius 1 is 0.906 bits per heavy atom. The molecule has 32 heavy (non-hydrogen) atoms. The third-order valence-electron chi connectivity index (χ3n) is 5.53. The Kier molecular flexibility index (Phi) is 5.16. The van der Waals surface area contributed by atoms with Crippen molar-refractivity contribution in [1.29, 1.82) is 0 Å². The first-order valence-electron chi connectivity index (χ1n) is 10.3. The molecule has 2 aromatic carbocycles. The van der Waals surface area contributed by atoms with E-state index in [0.717, 1.165) is 22.9 Å². The number of aromatic amines is 1. The first kappa shape index (κ1) is 20.3. The van der Waals surface area contributed by atoms with Crippen LogP contribution in [0.4, 0.5) is 19.0 Å². The molecule has 1 saturated heterocycles. The van der Waals surface area contributed by atoms with Gasteiger partial charge in [-0.15, -0.1) is 10.2 Å². The molecule has 9 heteroatoms. The van der Waals surface area contributed by atoms with Gasteiger partial charge in [0.1, 0.15) is 17.5 Å². The second-order valence-corrected chi connectivity index (χ2v) is 7.68. The van der Waals surface area contributed by atoms with Crippen molar-refractivity contribution >= 4 is 16.9 Å². The van der Waals surface area contributed by atoms with Crippen LogP contribution in [0.1, 0.15) is 18.4 Å². The number of imidazole rings is 1. The maximum Gasteiger partial charge on any atom is 0.419 e. The van der Waals surface area contributed by atoms with E-state index < -0.39 is 11.7 Å². The van der Waals surface area contributed by atoms with Gasteiger partial charge in [0, 0.05) is 25.9 Å². The number of anilines is 1. The average molecular weight is 439 g/mol. The van der Waals surface area contributed by atoms with E-state index in [-0.39, 0.29) is 11.9 Å². The molecule has 0 saturated carbocycles. The molecule has 2 aromatic heterocycles. The van der Waals surface area contributed by atoms with Crippen molar-refractivity contribution in [2.24, 2.45) is 0 Å². The van der Waals surface area contributed by atoms with Crippen molar-refractivity contribution < 1.29 is 17.9 Å². The maximum atomic E-state index is 13.2. The fraction of sp³-hybridized carbons (Fsp3) is 0.261. The lowest BCUT2D eigenvalue weighted by Gasteiger charge is -2.33. The molecule has 164 valence electrons. The fourth-order valence-electron chi connectivity index (χ4n) is 3.88. The standard InChI is InChI=1S/C23H20F3N5O/c24-23(25,26)16-5-1-4-8-20(16)32-15-11-13-31(14-12-15)21-10-9-19(29-30-21)22-27-17-6-2-3-7-18(17)28-22/h1-10,15H,11-14H2,(H,27,28). The van der Waals surface area contributed by atoms with E-state index in [1.54, 1.807) is 6.07 Å². The van der Waals surface area contributed by atoms with Gasteiger partial charge in [0.15, 0.2) is 11.6 Å². The number of halogens is 3. The number of hydrogen-bond donors (Lipinski definition) is 1. The van der Waals surface area contributed by atoms with Crippen molar-refractivity contribution in [3.63, 3.8) is 0 Å². The van der Waals surface area contributed by atoms with E-state index in [1.807, 2.05) is 36.4 Å². The normalized spacial score (nSPS) is 15.3. The molecule has 1 aliphatic heterocycles. The highest BCUT2D eigenvalue weighted by atomic mass is 19.4. The highest BCUT2D eigenvalue weighted by molar-refractivity contribution is 5.78. The van der Waals surface area contributed by atoms with Gasteiger partial charge in [-0.3, -0.25) is 0 Å². The first-order valence-corrected chi connectivity index (χ1v) is 10.3. The topological polar surface area (TPSA) is 66.9 Å². The van der Waals surface area contributed by atoms with Crippen LogP contribution >= 0.6 is 0 Å². The minimum atomic E-state index is -4.44. The van der Waals surface area contributed by atoms with Gasteiger partial charge in [0.05, 0.1) is 16.6 Å². The average Bonchev–Trinajstić information content (AvgIpc) is 3.24. The summed E-state index contributed by atoms with van der Waals surface area (Å²) in [5.74, 6) is 1.26. The summed E-state index contributed by atoms with van der Waals surface area (Å²) in [6, 6.07) is 16.8. The van der Waals surface area contributed by atoms with Crippen LogP contribution in [-0.4, -0.2) is 39.4 Å². The van der Waals surface area contributed by atoms with Crippen LogP contribution in [0, 0.1) is 0 Å². The molecule has 6 nitrogen and oxygen atoms in total. The fourth-order valence-corrected chi connectivity index (χ4v) is 3.88. The molecular formula is C23H20F3N5O. The third kappa shape index (κ3) is 4.10. The van der Waals surface area contributed by atoms with Gasteiger partial charge in [-0.05, 0) is 36.4 Å². The van der Waals surface area contributed by atoms with Crippen LogP contribution in [-0.2, 0) is 6.18 Å². The predicted octanol–water partition coefficient (Wildman–Crippen LogP) is 5.09. The van der Waals surface area contributed by atoms with E-state index in [1.165, 1.54) is 12.1 Å². The number of H-pyrrole nitrogens is 1. The number of para-hydroxylation sites is 3. The number of nitrogens with zero attached hydrogens (tertiary/aromatic N) is 4. The van der Waals surface area contributed by atoms with E-state index in [2.05, 4.69) is 25.1 Å². The van der Waals surface area contributed by atoms with Gasteiger partial charge in [-0.2, -0.15) is 13.2 Å². The van der Waals surface area contributed by atoms with Gasteiger partial charge in [-0.1, -0.05) is 24.3 Å². The number of fused-ring (bicyclic) bond motifs is 1. The molecule has 0 bridgehead atoms. The zero-order chi connectivity index (χ0) is 22.1. The Labute approximate surface area is 182 Å². The summed E-state index contributed by atoms with van der Waals surface area (Å²) in [7, 11) is 0. The van der Waals surface area contributed by atoms with Gasteiger partial charge >= 0.3 is 6.18 Å². The zero-order valence-corrected chi connectivity index (χ0v) is 17.0. The van der Waals surface area contributed by atoms with Crippen molar-refractivity contribution in [3.05, 3.63) is 66.2 Å². The Morgan fingerprint density at radius 3 is 2.38 bits per heavy atom. The van der Waals surface area contributed by atoms with Crippen molar-refractivity contribution in [3.8, 4) is 17.3 Å². The van der Waals surface area contributed by atoms with Crippen molar-refractivity contribution in [2.75, 3.05) is 18.0 Å². The number of nitrogens with one attached hydrogen (secondary N) is 1. The van der Waals surface area contributed by atoms with Gasteiger partial charge in [-0.25, -0.2) is 4.98 Å². The molecule has 1 fully saturated rings. The van der Waals surface area contributed by atoms with Gasteiger partial charge in [0.25, 0.3) is 0 Å². The number of ether oxygens (including phenoxy) is 1. The van der Waals surface area contributed by atoms with Crippen LogP contribution in [0.2, 0.25) is 0 Å².